The number of amides is 3. The summed E-state index contributed by atoms with van der Waals surface area (Å²) < 4.78 is 1.85. The van der Waals surface area contributed by atoms with Crippen LogP contribution in [0.1, 0.15) is 18.7 Å². The van der Waals surface area contributed by atoms with Crippen molar-refractivity contribution >= 4 is 23.3 Å². The standard InChI is InChI=1S/C20H22N6O2/c27-19(21-13-18-24-23-17-10-4-5-12-26(17)18)15-7-6-11-25(14-15)20(28)22-16-8-2-1-3-9-16/h1-5,8-10,12,15H,6-7,11,13-14H2,(H,21,27)(H,22,28)/t15-/m1/s1. The van der Waals surface area contributed by atoms with Crippen molar-refractivity contribution in [3.05, 3.63) is 60.6 Å². The molecular formula is C20H22N6O2. The average molecular weight is 378 g/mol. The Kier molecular flexibility index (Phi) is 5.18. The summed E-state index contributed by atoms with van der Waals surface area (Å²) in [5.41, 5.74) is 1.49. The van der Waals surface area contributed by atoms with Crippen LogP contribution in [0.2, 0.25) is 0 Å². The molecule has 3 heterocycles. The number of piperidine rings is 1. The molecule has 8 heteroatoms. The largest absolute Gasteiger partial charge is 0.348 e. The van der Waals surface area contributed by atoms with Crippen LogP contribution in [-0.2, 0) is 11.3 Å². The summed E-state index contributed by atoms with van der Waals surface area (Å²) in [5.74, 6) is 0.387. The van der Waals surface area contributed by atoms with Gasteiger partial charge in [0.25, 0.3) is 0 Å². The maximum atomic E-state index is 12.6. The van der Waals surface area contributed by atoms with E-state index in [2.05, 4.69) is 20.8 Å². The quantitative estimate of drug-likeness (QED) is 0.729. The lowest BCUT2D eigenvalue weighted by molar-refractivity contribution is -0.126. The number of nitrogens with one attached hydrogen (secondary N) is 2. The fraction of sp³-hybridized carbons (Fsp3) is 0.300. The number of nitrogens with zero attached hydrogens (tertiary/aromatic N) is 4. The van der Waals surface area contributed by atoms with E-state index in [1.165, 1.54) is 0 Å². The van der Waals surface area contributed by atoms with Crippen molar-refractivity contribution in [2.45, 2.75) is 19.4 Å². The van der Waals surface area contributed by atoms with Gasteiger partial charge in [-0.05, 0) is 37.1 Å². The van der Waals surface area contributed by atoms with E-state index in [9.17, 15) is 9.59 Å². The summed E-state index contributed by atoms with van der Waals surface area (Å²) in [7, 11) is 0. The van der Waals surface area contributed by atoms with E-state index in [0.717, 1.165) is 24.2 Å². The number of carbonyl (C=O) groups excluding carboxylic acids is 2. The van der Waals surface area contributed by atoms with E-state index in [1.807, 2.05) is 59.1 Å². The van der Waals surface area contributed by atoms with Crippen molar-refractivity contribution in [3.8, 4) is 0 Å². The van der Waals surface area contributed by atoms with Gasteiger partial charge < -0.3 is 15.5 Å². The molecule has 0 aliphatic carbocycles. The van der Waals surface area contributed by atoms with Gasteiger partial charge >= 0.3 is 6.03 Å². The lowest BCUT2D eigenvalue weighted by atomic mass is 9.97. The topological polar surface area (TPSA) is 91.6 Å². The van der Waals surface area contributed by atoms with Crippen molar-refractivity contribution in [2.75, 3.05) is 18.4 Å². The van der Waals surface area contributed by atoms with E-state index in [0.29, 0.717) is 25.5 Å². The number of hydrogen-bond acceptors (Lipinski definition) is 4. The van der Waals surface area contributed by atoms with Gasteiger partial charge in [0.2, 0.25) is 5.91 Å². The second-order valence-corrected chi connectivity index (χ2v) is 6.84. The Bertz CT molecular complexity index is 971. The fourth-order valence-electron chi connectivity index (χ4n) is 3.42. The lowest BCUT2D eigenvalue weighted by Gasteiger charge is -2.32. The molecule has 0 bridgehead atoms. The Hall–Kier alpha value is -3.42. The first kappa shape index (κ1) is 18.0. The molecule has 4 rings (SSSR count). The summed E-state index contributed by atoms with van der Waals surface area (Å²) in [6.07, 6.45) is 3.43. The third kappa shape index (κ3) is 3.95. The maximum absolute atomic E-state index is 12.6. The van der Waals surface area contributed by atoms with Gasteiger partial charge in [-0.3, -0.25) is 9.20 Å². The zero-order valence-corrected chi connectivity index (χ0v) is 15.4. The smallest absolute Gasteiger partial charge is 0.321 e. The molecule has 1 atom stereocenters. The molecule has 3 amide bonds. The molecule has 2 aromatic heterocycles. The third-order valence-electron chi connectivity index (χ3n) is 4.91. The SMILES string of the molecule is O=C(NCc1nnc2ccccn12)[C@@H]1CCCN(C(=O)Nc2ccccc2)C1. The second kappa shape index (κ2) is 8.08. The van der Waals surface area contributed by atoms with Crippen LogP contribution in [0.15, 0.2) is 54.7 Å². The van der Waals surface area contributed by atoms with Gasteiger partial charge in [-0.1, -0.05) is 24.3 Å². The van der Waals surface area contributed by atoms with Gasteiger partial charge in [-0.2, -0.15) is 0 Å². The second-order valence-electron chi connectivity index (χ2n) is 6.84. The Balaban J connectivity index is 1.33. The van der Waals surface area contributed by atoms with Gasteiger partial charge in [-0.15, -0.1) is 10.2 Å². The highest BCUT2D eigenvalue weighted by atomic mass is 16.2. The molecule has 1 aliphatic heterocycles. The van der Waals surface area contributed by atoms with E-state index >= 15 is 0 Å². The normalized spacial score (nSPS) is 16.7. The van der Waals surface area contributed by atoms with Crippen LogP contribution >= 0.6 is 0 Å². The molecule has 144 valence electrons. The van der Waals surface area contributed by atoms with Crippen LogP contribution < -0.4 is 10.6 Å². The Labute approximate surface area is 162 Å². The molecule has 28 heavy (non-hydrogen) atoms. The van der Waals surface area contributed by atoms with Gasteiger partial charge in [0, 0.05) is 25.0 Å². The molecule has 1 aliphatic rings. The molecule has 1 aromatic carbocycles. The first-order valence-electron chi connectivity index (χ1n) is 9.38. The van der Waals surface area contributed by atoms with Crippen molar-refractivity contribution in [1.82, 2.24) is 24.8 Å². The van der Waals surface area contributed by atoms with E-state index < -0.39 is 0 Å². The number of benzene rings is 1. The zero-order chi connectivity index (χ0) is 19.3. The number of pyridine rings is 1. The summed E-state index contributed by atoms with van der Waals surface area (Å²) >= 11 is 0. The Morgan fingerprint density at radius 2 is 1.89 bits per heavy atom. The predicted octanol–water partition coefficient (Wildman–Crippen LogP) is 2.29. The Morgan fingerprint density at radius 3 is 2.75 bits per heavy atom. The summed E-state index contributed by atoms with van der Waals surface area (Å²) in [5, 5.41) is 14.0. The highest BCUT2D eigenvalue weighted by molar-refractivity contribution is 5.90. The Morgan fingerprint density at radius 1 is 1.07 bits per heavy atom. The summed E-state index contributed by atoms with van der Waals surface area (Å²) in [6, 6.07) is 14.8. The molecule has 8 nitrogen and oxygen atoms in total. The molecule has 0 saturated carbocycles. The van der Waals surface area contributed by atoms with Crippen LogP contribution in [0.25, 0.3) is 5.65 Å². The minimum absolute atomic E-state index is 0.0649. The number of anilines is 1. The predicted molar refractivity (Wildman–Crippen MR) is 105 cm³/mol. The van der Waals surface area contributed by atoms with Crippen LogP contribution in [0, 0.1) is 5.92 Å². The maximum Gasteiger partial charge on any atom is 0.321 e. The molecule has 3 aromatic rings. The van der Waals surface area contributed by atoms with E-state index in [-0.39, 0.29) is 17.9 Å². The summed E-state index contributed by atoms with van der Waals surface area (Å²) in [4.78, 5) is 26.8. The van der Waals surface area contributed by atoms with E-state index in [1.54, 1.807) is 4.90 Å². The van der Waals surface area contributed by atoms with Gasteiger partial charge in [0.15, 0.2) is 11.5 Å². The van der Waals surface area contributed by atoms with Crippen LogP contribution in [-0.4, -0.2) is 44.5 Å². The highest BCUT2D eigenvalue weighted by Gasteiger charge is 2.28. The number of likely N-dealkylation sites (tertiary alicyclic amines) is 1. The molecule has 2 N–H and O–H groups in total. The number of rotatable bonds is 4. The number of aromatic nitrogens is 3. The summed E-state index contributed by atoms with van der Waals surface area (Å²) in [6.45, 7) is 1.36. The zero-order valence-electron chi connectivity index (χ0n) is 15.4. The van der Waals surface area contributed by atoms with Crippen molar-refractivity contribution in [2.24, 2.45) is 5.92 Å². The van der Waals surface area contributed by atoms with Gasteiger partial charge in [0.05, 0.1) is 12.5 Å². The average Bonchev–Trinajstić information content (AvgIpc) is 3.16. The number of para-hydroxylation sites is 1. The highest BCUT2D eigenvalue weighted by Crippen LogP contribution is 2.18. The van der Waals surface area contributed by atoms with Crippen LogP contribution in [0.4, 0.5) is 10.5 Å². The first-order valence-corrected chi connectivity index (χ1v) is 9.38. The molecule has 1 saturated heterocycles. The number of urea groups is 1. The van der Waals surface area contributed by atoms with Crippen molar-refractivity contribution in [3.63, 3.8) is 0 Å². The van der Waals surface area contributed by atoms with Crippen molar-refractivity contribution in [1.29, 1.82) is 0 Å². The number of hydrogen-bond donors (Lipinski definition) is 2. The third-order valence-corrected chi connectivity index (χ3v) is 4.91. The monoisotopic (exact) mass is 378 g/mol. The number of carbonyl (C=O) groups is 2. The van der Waals surface area contributed by atoms with Crippen LogP contribution in [0.5, 0.6) is 0 Å². The molecule has 0 radical (unpaired) electrons. The van der Waals surface area contributed by atoms with Crippen molar-refractivity contribution < 1.29 is 9.59 Å². The van der Waals surface area contributed by atoms with E-state index in [4.69, 9.17) is 0 Å². The molecule has 0 spiro atoms. The lowest BCUT2D eigenvalue weighted by Crippen LogP contribution is -2.46. The first-order chi connectivity index (χ1) is 13.7. The molecule has 0 unspecified atom stereocenters. The molecule has 1 fully saturated rings. The van der Waals surface area contributed by atoms with Gasteiger partial charge in [0.1, 0.15) is 0 Å². The minimum Gasteiger partial charge on any atom is -0.348 e. The van der Waals surface area contributed by atoms with Crippen LogP contribution in [0.3, 0.4) is 0 Å². The molecular weight excluding hydrogens is 356 g/mol. The number of fused-ring (bicyclic) bond motifs is 1. The minimum atomic E-state index is -0.227. The fourth-order valence-corrected chi connectivity index (χ4v) is 3.42. The van der Waals surface area contributed by atoms with Gasteiger partial charge in [-0.25, -0.2) is 4.79 Å².